The van der Waals surface area contributed by atoms with Crippen LogP contribution in [0.4, 0.5) is 0 Å². The van der Waals surface area contributed by atoms with Gasteiger partial charge in [0, 0.05) is 0 Å². The Kier molecular flexibility index (Phi) is 4.11. The smallest absolute Gasteiger partial charge is 0.335 e. The van der Waals surface area contributed by atoms with Gasteiger partial charge in [0.1, 0.15) is 5.82 Å². The molecule has 1 aromatic carbocycles. The number of rotatable bonds is 3. The lowest BCUT2D eigenvalue weighted by Crippen LogP contribution is -2.01. The van der Waals surface area contributed by atoms with Crippen LogP contribution in [-0.4, -0.2) is 20.6 Å². The van der Waals surface area contributed by atoms with Crippen LogP contribution in [0.25, 0.3) is 11.0 Å². The lowest BCUT2D eigenvalue weighted by atomic mass is 10.2. The first-order valence-corrected chi connectivity index (χ1v) is 6.80. The molecule has 0 aliphatic rings. The van der Waals surface area contributed by atoms with Crippen molar-refractivity contribution in [1.82, 2.24) is 9.55 Å². The largest absolute Gasteiger partial charge is 0.478 e. The highest BCUT2D eigenvalue weighted by atomic mass is 35.5. The summed E-state index contributed by atoms with van der Waals surface area (Å²) in [5.74, 6) is -0.0318. The molecular weight excluding hydrogens is 296 g/mol. The number of hydrogen-bond acceptors (Lipinski definition) is 3. The minimum atomic E-state index is -0.924. The molecule has 0 fully saturated rings. The van der Waals surface area contributed by atoms with Crippen molar-refractivity contribution in [3.63, 3.8) is 0 Å². The Labute approximate surface area is 126 Å². The molecule has 104 valence electrons. The second kappa shape index (κ2) is 5.64. The summed E-state index contributed by atoms with van der Waals surface area (Å²) in [7, 11) is 0. The fourth-order valence-electron chi connectivity index (χ4n) is 2.15. The Balaban J connectivity index is 0.00000147. The third-order valence-electron chi connectivity index (χ3n) is 3.11. The maximum atomic E-state index is 11.0. The van der Waals surface area contributed by atoms with Crippen LogP contribution < -0.4 is 0 Å². The molecule has 0 saturated carbocycles. The third kappa shape index (κ3) is 2.55. The summed E-state index contributed by atoms with van der Waals surface area (Å²) in [5.41, 5.74) is 3.20. The molecule has 2 aromatic heterocycles. The lowest BCUT2D eigenvalue weighted by molar-refractivity contribution is 0.0697. The molecule has 3 aromatic rings. The number of halogens is 1. The number of aromatic carboxylic acids is 1. The molecule has 0 unspecified atom stereocenters. The first-order valence-electron chi connectivity index (χ1n) is 5.86. The maximum absolute atomic E-state index is 11.0. The van der Waals surface area contributed by atoms with Crippen molar-refractivity contribution in [3.8, 4) is 0 Å². The fourth-order valence-corrected chi connectivity index (χ4v) is 2.81. The predicted octanol–water partition coefficient (Wildman–Crippen LogP) is 3.57. The summed E-state index contributed by atoms with van der Waals surface area (Å²) in [5, 5.41) is 13.2. The lowest BCUT2D eigenvalue weighted by Gasteiger charge is -2.05. The number of benzene rings is 1. The van der Waals surface area contributed by atoms with E-state index in [4.69, 9.17) is 5.11 Å². The minimum Gasteiger partial charge on any atom is -0.478 e. The zero-order chi connectivity index (χ0) is 13.4. The van der Waals surface area contributed by atoms with Crippen molar-refractivity contribution < 1.29 is 9.90 Å². The number of nitrogens with zero attached hydrogens (tertiary/aromatic N) is 2. The van der Waals surface area contributed by atoms with Crippen molar-refractivity contribution in [1.29, 1.82) is 0 Å². The van der Waals surface area contributed by atoms with Crippen molar-refractivity contribution in [2.45, 2.75) is 13.5 Å². The molecule has 0 amide bonds. The van der Waals surface area contributed by atoms with Crippen LogP contribution in [0.15, 0.2) is 35.0 Å². The van der Waals surface area contributed by atoms with Crippen LogP contribution in [0, 0.1) is 6.92 Å². The number of hydrogen-bond donors (Lipinski definition) is 1. The van der Waals surface area contributed by atoms with E-state index in [1.165, 1.54) is 5.56 Å². The summed E-state index contributed by atoms with van der Waals surface area (Å²) >= 11 is 1.67. The normalized spacial score (nSPS) is 10.4. The van der Waals surface area contributed by atoms with Gasteiger partial charge in [-0.25, -0.2) is 9.78 Å². The second-order valence-corrected chi connectivity index (χ2v) is 5.17. The van der Waals surface area contributed by atoms with Crippen molar-refractivity contribution in [3.05, 3.63) is 52.0 Å². The van der Waals surface area contributed by atoms with E-state index in [9.17, 15) is 4.79 Å². The number of carboxylic acid groups (broad SMARTS) is 1. The predicted molar refractivity (Wildman–Crippen MR) is 82.1 cm³/mol. The van der Waals surface area contributed by atoms with Crippen LogP contribution in [-0.2, 0) is 6.54 Å². The molecule has 4 nitrogen and oxygen atoms in total. The van der Waals surface area contributed by atoms with Gasteiger partial charge in [0.2, 0.25) is 0 Å². The van der Waals surface area contributed by atoms with E-state index in [1.54, 1.807) is 23.5 Å². The molecule has 0 aliphatic carbocycles. The first kappa shape index (κ1) is 14.6. The highest BCUT2D eigenvalue weighted by Crippen LogP contribution is 2.20. The number of aromatic nitrogens is 2. The fraction of sp³-hybridized carbons (Fsp3) is 0.143. The molecule has 0 saturated heterocycles. The molecule has 0 spiro atoms. The summed E-state index contributed by atoms with van der Waals surface area (Å²) in [6.07, 6.45) is 0. The topological polar surface area (TPSA) is 55.1 Å². The maximum Gasteiger partial charge on any atom is 0.335 e. The van der Waals surface area contributed by atoms with Gasteiger partial charge in [-0.2, -0.15) is 11.3 Å². The SMILES string of the molecule is Cc1nc2cc(C(=O)O)ccc2n1Cc1ccsc1.Cl. The van der Waals surface area contributed by atoms with Crippen molar-refractivity contribution >= 4 is 40.7 Å². The Bertz CT molecular complexity index is 750. The molecule has 2 heterocycles. The average molecular weight is 309 g/mol. The Morgan fingerprint density at radius 1 is 1.40 bits per heavy atom. The highest BCUT2D eigenvalue weighted by Gasteiger charge is 2.11. The number of thiophene rings is 1. The van der Waals surface area contributed by atoms with Gasteiger partial charge in [0.15, 0.2) is 0 Å². The van der Waals surface area contributed by atoms with E-state index in [2.05, 4.69) is 21.0 Å². The van der Waals surface area contributed by atoms with Crippen molar-refractivity contribution in [2.24, 2.45) is 0 Å². The van der Waals surface area contributed by atoms with Gasteiger partial charge in [-0.05, 0) is 47.5 Å². The van der Waals surface area contributed by atoms with Gasteiger partial charge in [0.25, 0.3) is 0 Å². The van der Waals surface area contributed by atoms with E-state index in [1.807, 2.05) is 18.4 Å². The summed E-state index contributed by atoms with van der Waals surface area (Å²) in [6, 6.07) is 7.15. The van der Waals surface area contributed by atoms with E-state index in [-0.39, 0.29) is 18.0 Å². The van der Waals surface area contributed by atoms with Gasteiger partial charge >= 0.3 is 5.97 Å². The highest BCUT2D eigenvalue weighted by molar-refractivity contribution is 7.07. The summed E-state index contributed by atoms with van der Waals surface area (Å²) < 4.78 is 2.10. The molecule has 0 atom stereocenters. The van der Waals surface area contributed by atoms with Gasteiger partial charge < -0.3 is 9.67 Å². The summed E-state index contributed by atoms with van der Waals surface area (Å²) in [4.78, 5) is 15.4. The number of aryl methyl sites for hydroxylation is 1. The van der Waals surface area contributed by atoms with Crippen LogP contribution in [0.1, 0.15) is 21.7 Å². The monoisotopic (exact) mass is 308 g/mol. The average Bonchev–Trinajstić information content (AvgIpc) is 2.98. The molecule has 3 rings (SSSR count). The molecule has 0 aliphatic heterocycles. The zero-order valence-electron chi connectivity index (χ0n) is 10.7. The quantitative estimate of drug-likeness (QED) is 0.804. The van der Waals surface area contributed by atoms with Crippen LogP contribution in [0.2, 0.25) is 0 Å². The number of carbonyl (C=O) groups is 1. The standard InChI is InChI=1S/C14H12N2O2S.ClH/c1-9-15-12-6-11(14(17)18)2-3-13(12)16(9)7-10-4-5-19-8-10;/h2-6,8H,7H2,1H3,(H,17,18);1H. The van der Waals surface area contributed by atoms with Crippen LogP contribution in [0.5, 0.6) is 0 Å². The van der Waals surface area contributed by atoms with Crippen LogP contribution >= 0.6 is 23.7 Å². The van der Waals surface area contributed by atoms with Crippen molar-refractivity contribution in [2.75, 3.05) is 0 Å². The van der Waals surface area contributed by atoms with E-state index < -0.39 is 5.97 Å². The molecule has 1 N–H and O–H groups in total. The molecular formula is C14H13ClN2O2S. The molecule has 0 radical (unpaired) electrons. The Hall–Kier alpha value is -1.85. The third-order valence-corrected chi connectivity index (χ3v) is 3.84. The number of fused-ring (bicyclic) bond motifs is 1. The van der Waals surface area contributed by atoms with Gasteiger partial charge in [-0.3, -0.25) is 0 Å². The molecule has 6 heteroatoms. The van der Waals surface area contributed by atoms with E-state index in [0.29, 0.717) is 0 Å². The summed E-state index contributed by atoms with van der Waals surface area (Å²) in [6.45, 7) is 2.70. The van der Waals surface area contributed by atoms with Gasteiger partial charge in [-0.15, -0.1) is 12.4 Å². The number of imidazole rings is 1. The molecule has 20 heavy (non-hydrogen) atoms. The van der Waals surface area contributed by atoms with Gasteiger partial charge in [-0.1, -0.05) is 0 Å². The second-order valence-electron chi connectivity index (χ2n) is 4.39. The van der Waals surface area contributed by atoms with Crippen LogP contribution in [0.3, 0.4) is 0 Å². The zero-order valence-corrected chi connectivity index (χ0v) is 12.4. The van der Waals surface area contributed by atoms with E-state index >= 15 is 0 Å². The Morgan fingerprint density at radius 2 is 2.20 bits per heavy atom. The molecule has 0 bridgehead atoms. The first-order chi connectivity index (χ1) is 9.15. The van der Waals surface area contributed by atoms with Gasteiger partial charge in [0.05, 0.1) is 23.1 Å². The number of carboxylic acids is 1. The Morgan fingerprint density at radius 3 is 2.85 bits per heavy atom. The van der Waals surface area contributed by atoms with E-state index in [0.717, 1.165) is 23.4 Å². The minimum absolute atomic E-state index is 0.